The molecule has 0 aliphatic carbocycles. The maximum atomic E-state index is 5.94. The third-order valence-electron chi connectivity index (χ3n) is 2.44. The molecule has 0 aliphatic rings. The molecule has 1 nitrogen and oxygen atoms in total. The van der Waals surface area contributed by atoms with E-state index in [-0.39, 0.29) is 6.04 Å². The van der Waals surface area contributed by atoms with Crippen LogP contribution in [0.15, 0.2) is 30.4 Å². The van der Waals surface area contributed by atoms with E-state index in [1.807, 2.05) is 19.1 Å². The van der Waals surface area contributed by atoms with Crippen molar-refractivity contribution in [3.05, 3.63) is 46.5 Å². The lowest BCUT2D eigenvalue weighted by molar-refractivity contribution is 0.618. The molecule has 0 amide bonds. The summed E-state index contributed by atoms with van der Waals surface area (Å²) in [5.41, 5.74) is 3.59. The van der Waals surface area contributed by atoms with Crippen LogP contribution in [0.1, 0.15) is 31.0 Å². The first kappa shape index (κ1) is 12.3. The van der Waals surface area contributed by atoms with Gasteiger partial charge in [0.05, 0.1) is 6.04 Å². The number of hydrogen-bond donors (Lipinski definition) is 1. The molecule has 1 atom stereocenters. The highest BCUT2D eigenvalue weighted by atomic mass is 35.5. The summed E-state index contributed by atoms with van der Waals surface area (Å²) in [7, 11) is 0. The minimum atomic E-state index is 0.229. The van der Waals surface area contributed by atoms with Crippen LogP contribution in [0.5, 0.6) is 0 Å². The Morgan fingerprint density at radius 3 is 2.67 bits per heavy atom. The molecule has 0 saturated carbocycles. The van der Waals surface area contributed by atoms with Crippen LogP contribution < -0.4 is 5.32 Å². The van der Waals surface area contributed by atoms with Gasteiger partial charge in [0.2, 0.25) is 0 Å². The average molecular weight is 224 g/mol. The van der Waals surface area contributed by atoms with E-state index in [1.165, 1.54) is 11.1 Å². The summed E-state index contributed by atoms with van der Waals surface area (Å²) >= 11 is 5.94. The van der Waals surface area contributed by atoms with Crippen LogP contribution in [0.4, 0.5) is 0 Å². The number of likely N-dealkylation sites (N-methyl/N-ethyl adjacent to an activating group) is 1. The zero-order valence-corrected chi connectivity index (χ0v) is 10.4. The van der Waals surface area contributed by atoms with E-state index in [4.69, 9.17) is 11.6 Å². The smallest absolute Gasteiger partial charge is 0.0533 e. The molecule has 0 aliphatic heterocycles. The summed E-state index contributed by atoms with van der Waals surface area (Å²) in [6.07, 6.45) is 0. The van der Waals surface area contributed by atoms with Crippen LogP contribution in [0.2, 0.25) is 5.02 Å². The van der Waals surface area contributed by atoms with Gasteiger partial charge < -0.3 is 5.32 Å². The fraction of sp³-hybridized carbons (Fsp3) is 0.385. The number of nitrogens with one attached hydrogen (secondary N) is 1. The molecule has 0 spiro atoms. The predicted molar refractivity (Wildman–Crippen MR) is 67.4 cm³/mol. The van der Waals surface area contributed by atoms with Crippen molar-refractivity contribution in [3.63, 3.8) is 0 Å². The summed E-state index contributed by atoms with van der Waals surface area (Å²) in [5.74, 6) is 0. The summed E-state index contributed by atoms with van der Waals surface area (Å²) in [4.78, 5) is 0. The number of rotatable bonds is 4. The minimum Gasteiger partial charge on any atom is -0.307 e. The van der Waals surface area contributed by atoms with Gasteiger partial charge in [-0.3, -0.25) is 0 Å². The van der Waals surface area contributed by atoms with Gasteiger partial charge in [-0.15, -0.1) is 0 Å². The normalized spacial score (nSPS) is 12.5. The van der Waals surface area contributed by atoms with Crippen LogP contribution in [0, 0.1) is 6.92 Å². The van der Waals surface area contributed by atoms with Crippen molar-refractivity contribution in [1.29, 1.82) is 0 Å². The zero-order chi connectivity index (χ0) is 11.4. The molecular weight excluding hydrogens is 206 g/mol. The van der Waals surface area contributed by atoms with Crippen LogP contribution in [0.25, 0.3) is 0 Å². The van der Waals surface area contributed by atoms with Crippen molar-refractivity contribution in [3.8, 4) is 0 Å². The van der Waals surface area contributed by atoms with E-state index in [0.717, 1.165) is 17.1 Å². The van der Waals surface area contributed by atoms with Gasteiger partial charge in [-0.2, -0.15) is 0 Å². The molecule has 1 rings (SSSR count). The van der Waals surface area contributed by atoms with E-state index in [2.05, 4.69) is 31.8 Å². The average Bonchev–Trinajstić information content (AvgIpc) is 2.15. The van der Waals surface area contributed by atoms with E-state index in [9.17, 15) is 0 Å². The lowest BCUT2D eigenvalue weighted by Crippen LogP contribution is -2.22. The van der Waals surface area contributed by atoms with Gasteiger partial charge >= 0.3 is 0 Å². The molecule has 0 heterocycles. The maximum Gasteiger partial charge on any atom is 0.0533 e. The summed E-state index contributed by atoms with van der Waals surface area (Å²) in [5, 5.41) is 4.20. The van der Waals surface area contributed by atoms with E-state index in [0.29, 0.717) is 0 Å². The monoisotopic (exact) mass is 223 g/mol. The standard InChI is InChI=1S/C13H18ClN/c1-5-15-13(9(2)3)12-7-6-11(14)8-10(12)4/h6-8,13,15H,2,5H2,1,3-4H3. The van der Waals surface area contributed by atoms with Crippen LogP contribution in [0.3, 0.4) is 0 Å². The Kier molecular flexibility index (Phi) is 4.37. The molecule has 1 aromatic carbocycles. The maximum absolute atomic E-state index is 5.94. The molecule has 1 unspecified atom stereocenters. The van der Waals surface area contributed by atoms with Crippen LogP contribution in [-0.2, 0) is 0 Å². The first-order valence-electron chi connectivity index (χ1n) is 5.21. The highest BCUT2D eigenvalue weighted by Crippen LogP contribution is 2.25. The number of hydrogen-bond acceptors (Lipinski definition) is 1. The topological polar surface area (TPSA) is 12.0 Å². The molecule has 0 fully saturated rings. The third kappa shape index (κ3) is 3.08. The molecule has 0 aromatic heterocycles. The van der Waals surface area contributed by atoms with Gasteiger partial charge in [0, 0.05) is 5.02 Å². The number of benzene rings is 1. The van der Waals surface area contributed by atoms with Crippen LogP contribution in [-0.4, -0.2) is 6.54 Å². The molecule has 1 N–H and O–H groups in total. The second kappa shape index (κ2) is 5.34. The first-order valence-corrected chi connectivity index (χ1v) is 5.59. The third-order valence-corrected chi connectivity index (χ3v) is 2.68. The summed E-state index contributed by atoms with van der Waals surface area (Å²) in [6, 6.07) is 6.22. The molecule has 0 saturated heterocycles. The van der Waals surface area contributed by atoms with Crippen molar-refractivity contribution in [2.45, 2.75) is 26.8 Å². The molecule has 2 heteroatoms. The molecule has 0 radical (unpaired) electrons. The summed E-state index contributed by atoms with van der Waals surface area (Å²) in [6.45, 7) is 11.2. The Bertz CT molecular complexity index is 358. The highest BCUT2D eigenvalue weighted by Gasteiger charge is 2.12. The highest BCUT2D eigenvalue weighted by molar-refractivity contribution is 6.30. The van der Waals surface area contributed by atoms with Crippen molar-refractivity contribution in [2.24, 2.45) is 0 Å². The summed E-state index contributed by atoms with van der Waals surface area (Å²) < 4.78 is 0. The number of halogens is 1. The van der Waals surface area contributed by atoms with Crippen molar-refractivity contribution < 1.29 is 0 Å². The van der Waals surface area contributed by atoms with Crippen LogP contribution >= 0.6 is 11.6 Å². The molecule has 15 heavy (non-hydrogen) atoms. The molecule has 82 valence electrons. The molecule has 0 bridgehead atoms. The first-order chi connectivity index (χ1) is 7.06. The predicted octanol–water partition coefficient (Wildman–Crippen LogP) is 3.88. The van der Waals surface area contributed by atoms with Gasteiger partial charge in [-0.05, 0) is 43.7 Å². The van der Waals surface area contributed by atoms with Crippen molar-refractivity contribution >= 4 is 11.6 Å². The quantitative estimate of drug-likeness (QED) is 0.764. The Labute approximate surface area is 97.1 Å². The Balaban J connectivity index is 3.05. The molecular formula is C13H18ClN. The Morgan fingerprint density at radius 1 is 1.53 bits per heavy atom. The van der Waals surface area contributed by atoms with Gasteiger partial charge in [-0.25, -0.2) is 0 Å². The van der Waals surface area contributed by atoms with Gasteiger partial charge in [-0.1, -0.05) is 36.7 Å². The Hall–Kier alpha value is -0.790. The SMILES string of the molecule is C=C(C)C(NCC)c1ccc(Cl)cc1C. The van der Waals surface area contributed by atoms with Gasteiger partial charge in [0.15, 0.2) is 0 Å². The van der Waals surface area contributed by atoms with E-state index < -0.39 is 0 Å². The number of aryl methyl sites for hydroxylation is 1. The lowest BCUT2D eigenvalue weighted by atomic mass is 9.96. The fourth-order valence-corrected chi connectivity index (χ4v) is 1.94. The van der Waals surface area contributed by atoms with E-state index in [1.54, 1.807) is 0 Å². The van der Waals surface area contributed by atoms with E-state index >= 15 is 0 Å². The van der Waals surface area contributed by atoms with Gasteiger partial charge in [0.1, 0.15) is 0 Å². The second-order valence-corrected chi connectivity index (χ2v) is 4.27. The fourth-order valence-electron chi connectivity index (χ4n) is 1.72. The Morgan fingerprint density at radius 2 is 2.20 bits per heavy atom. The zero-order valence-electron chi connectivity index (χ0n) is 9.60. The van der Waals surface area contributed by atoms with Gasteiger partial charge in [0.25, 0.3) is 0 Å². The minimum absolute atomic E-state index is 0.229. The molecule has 1 aromatic rings. The second-order valence-electron chi connectivity index (χ2n) is 3.84. The largest absolute Gasteiger partial charge is 0.307 e. The van der Waals surface area contributed by atoms with Crippen molar-refractivity contribution in [2.75, 3.05) is 6.54 Å². The van der Waals surface area contributed by atoms with Crippen molar-refractivity contribution in [1.82, 2.24) is 5.32 Å². The lowest BCUT2D eigenvalue weighted by Gasteiger charge is -2.20.